The molecule has 1 saturated carbocycles. The van der Waals surface area contributed by atoms with Crippen LogP contribution in [0.3, 0.4) is 0 Å². The number of carbonyl (C=O) groups is 1. The Morgan fingerprint density at radius 2 is 2.23 bits per heavy atom. The monoisotopic (exact) mass is 308 g/mol. The molecule has 1 heterocycles. The third-order valence-electron chi connectivity index (χ3n) is 4.44. The van der Waals surface area contributed by atoms with Gasteiger partial charge in [0.1, 0.15) is 5.76 Å². The first-order valence-electron chi connectivity index (χ1n) is 8.02. The van der Waals surface area contributed by atoms with Crippen LogP contribution in [0.25, 0.3) is 0 Å². The lowest BCUT2D eigenvalue weighted by Crippen LogP contribution is -2.45. The van der Waals surface area contributed by atoms with Gasteiger partial charge in [-0.1, -0.05) is 27.2 Å². The van der Waals surface area contributed by atoms with E-state index in [4.69, 9.17) is 4.42 Å². The van der Waals surface area contributed by atoms with E-state index in [0.29, 0.717) is 6.54 Å². The summed E-state index contributed by atoms with van der Waals surface area (Å²) >= 11 is 0. The highest BCUT2D eigenvalue weighted by molar-refractivity contribution is 5.74. The minimum absolute atomic E-state index is 0.129. The maximum Gasteiger partial charge on any atom is 0.317 e. The van der Waals surface area contributed by atoms with Crippen molar-refractivity contribution in [3.05, 3.63) is 24.2 Å². The molecule has 2 N–H and O–H groups in total. The average Bonchev–Trinajstić information content (AvgIpc) is 3.07. The summed E-state index contributed by atoms with van der Waals surface area (Å²) in [6.07, 6.45) is 4.22. The third kappa shape index (κ3) is 4.03. The largest absolute Gasteiger partial charge is 0.467 e. The van der Waals surface area contributed by atoms with Crippen LogP contribution in [-0.4, -0.2) is 35.7 Å². The maximum absolute atomic E-state index is 12.5. The van der Waals surface area contributed by atoms with Crippen LogP contribution in [0.2, 0.25) is 0 Å². The van der Waals surface area contributed by atoms with Crippen molar-refractivity contribution in [2.45, 2.75) is 52.2 Å². The van der Waals surface area contributed by atoms with Crippen LogP contribution in [0.4, 0.5) is 4.79 Å². The van der Waals surface area contributed by atoms with Crippen LogP contribution in [-0.2, 0) is 0 Å². The van der Waals surface area contributed by atoms with Gasteiger partial charge in [-0.05, 0) is 30.4 Å². The molecule has 0 spiro atoms. The molecule has 0 saturated heterocycles. The number of aliphatic hydroxyl groups excluding tert-OH is 1. The summed E-state index contributed by atoms with van der Waals surface area (Å²) in [5.41, 5.74) is -0.152. The smallest absolute Gasteiger partial charge is 0.317 e. The molecule has 2 rings (SSSR count). The summed E-state index contributed by atoms with van der Waals surface area (Å²) in [5.74, 6) is 0.947. The first-order valence-corrected chi connectivity index (χ1v) is 8.02. The van der Waals surface area contributed by atoms with E-state index in [-0.39, 0.29) is 29.5 Å². The maximum atomic E-state index is 12.5. The Hall–Kier alpha value is -1.49. The normalized spacial score (nSPS) is 23.3. The van der Waals surface area contributed by atoms with Gasteiger partial charge in [0.2, 0.25) is 0 Å². The molecule has 1 fully saturated rings. The second-order valence-electron chi connectivity index (χ2n) is 7.40. The lowest BCUT2D eigenvalue weighted by atomic mass is 9.85. The van der Waals surface area contributed by atoms with Gasteiger partial charge in [-0.2, -0.15) is 0 Å². The van der Waals surface area contributed by atoms with E-state index < -0.39 is 0 Å². The highest BCUT2D eigenvalue weighted by Crippen LogP contribution is 2.33. The van der Waals surface area contributed by atoms with Crippen molar-refractivity contribution in [3.8, 4) is 0 Å². The van der Waals surface area contributed by atoms with Crippen molar-refractivity contribution in [2.75, 3.05) is 13.6 Å². The van der Waals surface area contributed by atoms with Crippen molar-refractivity contribution in [3.63, 3.8) is 0 Å². The van der Waals surface area contributed by atoms with Crippen LogP contribution in [0.1, 0.15) is 51.8 Å². The number of nitrogens with zero attached hydrogens (tertiary/aromatic N) is 1. The number of furan rings is 1. The topological polar surface area (TPSA) is 65.7 Å². The fourth-order valence-electron chi connectivity index (χ4n) is 3.07. The molecule has 3 atom stereocenters. The van der Waals surface area contributed by atoms with Gasteiger partial charge in [-0.15, -0.1) is 0 Å². The Morgan fingerprint density at radius 3 is 2.73 bits per heavy atom. The molecule has 22 heavy (non-hydrogen) atoms. The minimum Gasteiger partial charge on any atom is -0.467 e. The molecule has 0 bridgehead atoms. The lowest BCUT2D eigenvalue weighted by Gasteiger charge is -2.32. The first-order chi connectivity index (χ1) is 10.3. The number of carbonyl (C=O) groups excluding carboxylic acids is 1. The molecule has 1 aliphatic rings. The van der Waals surface area contributed by atoms with Crippen LogP contribution in [0.5, 0.6) is 0 Å². The molecule has 5 heteroatoms. The van der Waals surface area contributed by atoms with E-state index in [1.165, 1.54) is 0 Å². The summed E-state index contributed by atoms with van der Waals surface area (Å²) < 4.78 is 5.48. The number of aliphatic hydroxyl groups is 1. The second-order valence-corrected chi connectivity index (χ2v) is 7.40. The Labute approximate surface area is 132 Å². The summed E-state index contributed by atoms with van der Waals surface area (Å²) in [6, 6.07) is 3.40. The van der Waals surface area contributed by atoms with Gasteiger partial charge in [0, 0.05) is 19.5 Å². The van der Waals surface area contributed by atoms with Crippen LogP contribution >= 0.6 is 0 Å². The molecule has 1 aromatic heterocycles. The third-order valence-corrected chi connectivity index (χ3v) is 4.44. The Kier molecular flexibility index (Phi) is 5.16. The highest BCUT2D eigenvalue weighted by atomic mass is 16.3. The van der Waals surface area contributed by atoms with Gasteiger partial charge < -0.3 is 19.7 Å². The van der Waals surface area contributed by atoms with Gasteiger partial charge in [0.15, 0.2) is 0 Å². The van der Waals surface area contributed by atoms with E-state index in [1.54, 1.807) is 18.2 Å². The molecular weight excluding hydrogens is 280 g/mol. The summed E-state index contributed by atoms with van der Waals surface area (Å²) in [4.78, 5) is 14.1. The zero-order chi connectivity index (χ0) is 16.3. The van der Waals surface area contributed by atoms with Crippen LogP contribution in [0, 0.1) is 11.3 Å². The van der Waals surface area contributed by atoms with Crippen molar-refractivity contribution < 1.29 is 14.3 Å². The lowest BCUT2D eigenvalue weighted by molar-refractivity contribution is 0.111. The predicted octanol–water partition coefficient (Wildman–Crippen LogP) is 3.17. The zero-order valence-electron chi connectivity index (χ0n) is 14.0. The Balaban J connectivity index is 1.98. The SMILES string of the molecule is CN(C[C@@H]1CCC[C@H]1O)C(=O)N[C@@H](c1ccco1)C(C)(C)C. The summed E-state index contributed by atoms with van der Waals surface area (Å²) in [6.45, 7) is 6.80. The van der Waals surface area contributed by atoms with Gasteiger partial charge in [-0.25, -0.2) is 4.79 Å². The molecule has 124 valence electrons. The number of rotatable bonds is 4. The van der Waals surface area contributed by atoms with Gasteiger partial charge in [0.05, 0.1) is 18.4 Å². The predicted molar refractivity (Wildman–Crippen MR) is 85.4 cm³/mol. The van der Waals surface area contributed by atoms with Gasteiger partial charge >= 0.3 is 6.03 Å². The highest BCUT2D eigenvalue weighted by Gasteiger charge is 2.32. The number of urea groups is 1. The van der Waals surface area contributed by atoms with Crippen molar-refractivity contribution in [1.82, 2.24) is 10.2 Å². The summed E-state index contributed by atoms with van der Waals surface area (Å²) in [5, 5.41) is 13.0. The molecule has 0 radical (unpaired) electrons. The molecule has 0 unspecified atom stereocenters. The number of amides is 2. The van der Waals surface area contributed by atoms with Crippen LogP contribution < -0.4 is 5.32 Å². The van der Waals surface area contributed by atoms with Gasteiger partial charge in [0.25, 0.3) is 0 Å². The number of hydrogen-bond donors (Lipinski definition) is 2. The van der Waals surface area contributed by atoms with E-state index in [2.05, 4.69) is 26.1 Å². The molecular formula is C17H28N2O3. The van der Waals surface area contributed by atoms with E-state index >= 15 is 0 Å². The molecule has 5 nitrogen and oxygen atoms in total. The number of hydrogen-bond acceptors (Lipinski definition) is 3. The van der Waals surface area contributed by atoms with Crippen molar-refractivity contribution in [2.24, 2.45) is 11.3 Å². The zero-order valence-corrected chi connectivity index (χ0v) is 14.0. The van der Waals surface area contributed by atoms with Gasteiger partial charge in [-0.3, -0.25) is 0 Å². The van der Waals surface area contributed by atoms with Crippen molar-refractivity contribution >= 4 is 6.03 Å². The standard InChI is InChI=1S/C17H28N2O3/c1-17(2,3)15(14-9-6-10-22-14)18-16(21)19(4)11-12-7-5-8-13(12)20/h6,9-10,12-13,15,20H,5,7-8,11H2,1-4H3,(H,18,21)/t12-,13+,15-/m0/s1. The van der Waals surface area contributed by atoms with E-state index in [1.807, 2.05) is 12.1 Å². The molecule has 0 aromatic carbocycles. The van der Waals surface area contributed by atoms with Crippen LogP contribution in [0.15, 0.2) is 22.8 Å². The Morgan fingerprint density at radius 1 is 1.50 bits per heavy atom. The summed E-state index contributed by atoms with van der Waals surface area (Å²) in [7, 11) is 1.78. The number of nitrogens with one attached hydrogen (secondary N) is 1. The Bertz CT molecular complexity index is 479. The fraction of sp³-hybridized carbons (Fsp3) is 0.706. The average molecular weight is 308 g/mol. The van der Waals surface area contributed by atoms with E-state index in [9.17, 15) is 9.90 Å². The molecule has 1 aromatic rings. The fourth-order valence-corrected chi connectivity index (χ4v) is 3.07. The van der Waals surface area contributed by atoms with E-state index in [0.717, 1.165) is 25.0 Å². The first kappa shape index (κ1) is 16.9. The van der Waals surface area contributed by atoms with Crippen molar-refractivity contribution in [1.29, 1.82) is 0 Å². The quantitative estimate of drug-likeness (QED) is 0.898. The molecule has 2 amide bonds. The minimum atomic E-state index is -0.279. The molecule has 0 aliphatic heterocycles. The molecule has 1 aliphatic carbocycles. The second kappa shape index (κ2) is 6.73.